The molecule has 1 aromatic heterocycles. The van der Waals surface area contributed by atoms with Gasteiger partial charge in [-0.1, -0.05) is 31.7 Å². The molecule has 15 heteroatoms. The molecule has 0 saturated heterocycles. The van der Waals surface area contributed by atoms with Gasteiger partial charge in [-0.2, -0.15) is 18.2 Å². The molecule has 1 aliphatic rings. The van der Waals surface area contributed by atoms with E-state index in [0.717, 1.165) is 11.8 Å². The van der Waals surface area contributed by atoms with Crippen molar-refractivity contribution in [3.8, 4) is 11.6 Å². The number of hydrogen-bond donors (Lipinski definition) is 3. The van der Waals surface area contributed by atoms with E-state index in [1.165, 1.54) is 25.3 Å². The monoisotopic (exact) mass is 624 g/mol. The molecule has 234 valence electrons. The van der Waals surface area contributed by atoms with Gasteiger partial charge in [-0.25, -0.2) is 18.1 Å². The standard InChI is InChI=1S/C27H31F3N6O5S.CH4/c1-36(2)12-11-31-24(37)17-9-10-20(21(14-17)40-3)33-26-32-15-19(27(28,29)30)25(34-26)41-22-13-16-7-5-6-8-18(16)23(22)35-42(4,38)39;/h5-10,14-15,22-23,35H,11-13H2,1-4H3,(H,31,37)(H,32,33,34);1H4/t22-,23-;/m1./s1. The van der Waals surface area contributed by atoms with Gasteiger partial charge in [0.2, 0.25) is 21.9 Å². The number of aromatic nitrogens is 2. The number of sulfonamides is 1. The Morgan fingerprint density at radius 2 is 1.88 bits per heavy atom. The molecule has 2 atom stereocenters. The van der Waals surface area contributed by atoms with Gasteiger partial charge in [0, 0.05) is 31.3 Å². The van der Waals surface area contributed by atoms with Gasteiger partial charge in [0.15, 0.2) is 0 Å². The van der Waals surface area contributed by atoms with Crippen molar-refractivity contribution in [2.24, 2.45) is 0 Å². The molecule has 0 fully saturated rings. The molecule has 1 heterocycles. The van der Waals surface area contributed by atoms with E-state index in [-0.39, 0.29) is 37.1 Å². The van der Waals surface area contributed by atoms with Crippen LogP contribution >= 0.6 is 0 Å². The molecule has 0 saturated carbocycles. The second kappa shape index (κ2) is 13.6. The molecule has 43 heavy (non-hydrogen) atoms. The Balaban J connectivity index is 0.00000506. The summed E-state index contributed by atoms with van der Waals surface area (Å²) < 4.78 is 79.5. The Morgan fingerprint density at radius 3 is 2.53 bits per heavy atom. The number of carbonyl (C=O) groups is 1. The van der Waals surface area contributed by atoms with Gasteiger partial charge in [0.25, 0.3) is 5.91 Å². The van der Waals surface area contributed by atoms with Crippen LogP contribution in [0, 0.1) is 0 Å². The predicted molar refractivity (Wildman–Crippen MR) is 156 cm³/mol. The molecule has 11 nitrogen and oxygen atoms in total. The van der Waals surface area contributed by atoms with Crippen molar-refractivity contribution < 1.29 is 35.9 Å². The molecule has 0 unspecified atom stereocenters. The van der Waals surface area contributed by atoms with Gasteiger partial charge in [0.05, 0.1) is 25.1 Å². The number of fused-ring (bicyclic) bond motifs is 1. The van der Waals surface area contributed by atoms with Crippen molar-refractivity contribution in [3.05, 3.63) is 70.9 Å². The summed E-state index contributed by atoms with van der Waals surface area (Å²) in [7, 11) is 1.41. The molecule has 0 bridgehead atoms. The summed E-state index contributed by atoms with van der Waals surface area (Å²) in [4.78, 5) is 22.2. The third-order valence-electron chi connectivity index (χ3n) is 6.40. The Morgan fingerprint density at radius 1 is 1.16 bits per heavy atom. The van der Waals surface area contributed by atoms with Crippen LogP contribution in [0.3, 0.4) is 0 Å². The molecular formula is C28H35F3N6O5S. The maximum absolute atomic E-state index is 13.9. The Kier molecular flexibility index (Phi) is 10.6. The first kappa shape index (κ1) is 33.6. The van der Waals surface area contributed by atoms with Gasteiger partial charge in [-0.05, 0) is 43.4 Å². The van der Waals surface area contributed by atoms with Crippen molar-refractivity contribution in [3.63, 3.8) is 0 Å². The minimum Gasteiger partial charge on any atom is -0.495 e. The van der Waals surface area contributed by atoms with E-state index in [0.29, 0.717) is 30.4 Å². The van der Waals surface area contributed by atoms with Crippen molar-refractivity contribution in [1.82, 2.24) is 24.9 Å². The van der Waals surface area contributed by atoms with Crippen LogP contribution in [0.1, 0.15) is 40.5 Å². The number of likely N-dealkylation sites (N-methyl/N-ethyl adjacent to an activating group) is 1. The lowest BCUT2D eigenvalue weighted by atomic mass is 10.1. The van der Waals surface area contributed by atoms with Crippen LogP contribution in [0.4, 0.5) is 24.8 Å². The van der Waals surface area contributed by atoms with E-state index in [1.54, 1.807) is 24.3 Å². The number of nitrogens with one attached hydrogen (secondary N) is 3. The van der Waals surface area contributed by atoms with Crippen LogP contribution in [0.5, 0.6) is 11.6 Å². The molecule has 1 amide bonds. The molecule has 0 spiro atoms. The Labute approximate surface area is 248 Å². The van der Waals surface area contributed by atoms with E-state index in [4.69, 9.17) is 9.47 Å². The highest BCUT2D eigenvalue weighted by atomic mass is 32.2. The summed E-state index contributed by atoms with van der Waals surface area (Å²) in [5.41, 5.74) is 0.722. The molecule has 1 aliphatic carbocycles. The molecule has 0 radical (unpaired) electrons. The summed E-state index contributed by atoms with van der Waals surface area (Å²) >= 11 is 0. The third kappa shape index (κ3) is 8.55. The van der Waals surface area contributed by atoms with Crippen LogP contribution in [-0.4, -0.2) is 75.8 Å². The van der Waals surface area contributed by atoms with Crippen LogP contribution in [0.25, 0.3) is 0 Å². The first-order valence-electron chi connectivity index (χ1n) is 12.8. The molecule has 2 aromatic carbocycles. The van der Waals surface area contributed by atoms with Gasteiger partial charge < -0.3 is 25.0 Å². The third-order valence-corrected chi connectivity index (χ3v) is 7.08. The van der Waals surface area contributed by atoms with Gasteiger partial charge >= 0.3 is 6.18 Å². The number of hydrogen-bond acceptors (Lipinski definition) is 9. The zero-order valence-corrected chi connectivity index (χ0v) is 24.1. The highest BCUT2D eigenvalue weighted by Crippen LogP contribution is 2.40. The highest BCUT2D eigenvalue weighted by molar-refractivity contribution is 7.88. The van der Waals surface area contributed by atoms with Crippen molar-refractivity contribution in [1.29, 1.82) is 0 Å². The van der Waals surface area contributed by atoms with Crippen LogP contribution in [-0.2, 0) is 22.6 Å². The maximum atomic E-state index is 13.9. The zero-order chi connectivity index (χ0) is 30.7. The average Bonchev–Trinajstić information content (AvgIpc) is 3.23. The zero-order valence-electron chi connectivity index (χ0n) is 23.3. The van der Waals surface area contributed by atoms with Gasteiger partial charge in [-0.3, -0.25) is 4.79 Å². The van der Waals surface area contributed by atoms with E-state index in [2.05, 4.69) is 25.3 Å². The fourth-order valence-corrected chi connectivity index (χ4v) is 5.18. The van der Waals surface area contributed by atoms with Crippen molar-refractivity contribution in [2.45, 2.75) is 32.2 Å². The lowest BCUT2D eigenvalue weighted by Crippen LogP contribution is -2.36. The molecule has 3 N–H and O–H groups in total. The van der Waals surface area contributed by atoms with Gasteiger partial charge in [-0.15, -0.1) is 0 Å². The quantitative estimate of drug-likeness (QED) is 0.292. The number of methoxy groups -OCH3 is 1. The number of carbonyl (C=O) groups excluding carboxylic acids is 1. The van der Waals surface area contributed by atoms with Crippen molar-refractivity contribution in [2.75, 3.05) is 45.9 Å². The van der Waals surface area contributed by atoms with Crippen LogP contribution in [0.15, 0.2) is 48.7 Å². The smallest absolute Gasteiger partial charge is 0.423 e. The van der Waals surface area contributed by atoms with Crippen LogP contribution < -0.4 is 24.8 Å². The minimum atomic E-state index is -4.85. The summed E-state index contributed by atoms with van der Waals surface area (Å²) in [6.07, 6.45) is -4.16. The number of anilines is 2. The highest BCUT2D eigenvalue weighted by Gasteiger charge is 2.40. The lowest BCUT2D eigenvalue weighted by molar-refractivity contribution is -0.140. The van der Waals surface area contributed by atoms with E-state index in [1.807, 2.05) is 19.0 Å². The second-order valence-electron chi connectivity index (χ2n) is 9.94. The molecular weight excluding hydrogens is 589 g/mol. The lowest BCUT2D eigenvalue weighted by Gasteiger charge is -2.23. The average molecular weight is 625 g/mol. The number of rotatable bonds is 11. The van der Waals surface area contributed by atoms with Crippen LogP contribution in [0.2, 0.25) is 0 Å². The molecule has 4 rings (SSSR count). The Hall–Kier alpha value is -3.95. The fourth-order valence-electron chi connectivity index (χ4n) is 4.44. The SMILES string of the molecule is C.COc1cc(C(=O)NCCN(C)C)ccc1Nc1ncc(C(F)(F)F)c(O[C@@H]2Cc3ccccc3[C@H]2NS(C)(=O)=O)n1. The summed E-state index contributed by atoms with van der Waals surface area (Å²) in [6.45, 7) is 1.08. The largest absolute Gasteiger partial charge is 0.495 e. The first-order chi connectivity index (χ1) is 19.7. The van der Waals surface area contributed by atoms with Crippen molar-refractivity contribution >= 4 is 27.6 Å². The summed E-state index contributed by atoms with van der Waals surface area (Å²) in [6, 6.07) is 10.5. The number of nitrogens with zero attached hydrogens (tertiary/aromatic N) is 3. The minimum absolute atomic E-state index is 0. The van der Waals surface area contributed by atoms with E-state index < -0.39 is 39.8 Å². The summed E-state index contributed by atoms with van der Waals surface area (Å²) in [5, 5.41) is 5.60. The number of halogens is 3. The number of amides is 1. The number of ether oxygens (including phenoxy) is 2. The topological polar surface area (TPSA) is 135 Å². The number of benzene rings is 2. The second-order valence-corrected chi connectivity index (χ2v) is 11.7. The molecule has 0 aliphatic heterocycles. The number of alkyl halides is 3. The predicted octanol–water partition coefficient (Wildman–Crippen LogP) is 3.77. The normalized spacial score (nSPS) is 16.3. The van der Waals surface area contributed by atoms with Gasteiger partial charge in [0.1, 0.15) is 17.4 Å². The van der Waals surface area contributed by atoms with E-state index >= 15 is 0 Å². The summed E-state index contributed by atoms with van der Waals surface area (Å²) in [5.74, 6) is -1.10. The molecule has 3 aromatic rings. The maximum Gasteiger partial charge on any atom is 0.423 e. The fraction of sp³-hybridized carbons (Fsp3) is 0.393. The van der Waals surface area contributed by atoms with E-state index in [9.17, 15) is 26.4 Å². The first-order valence-corrected chi connectivity index (χ1v) is 14.7. The Bertz CT molecular complexity index is 1550.